The van der Waals surface area contributed by atoms with Gasteiger partial charge in [0, 0.05) is 60.1 Å². The average Bonchev–Trinajstić information content (AvgIpc) is 3.06. The summed E-state index contributed by atoms with van der Waals surface area (Å²) in [6.07, 6.45) is 0. The lowest BCUT2D eigenvalue weighted by Gasteiger charge is -2.48. The third-order valence-electron chi connectivity index (χ3n) is 9.80. The number of carbonyl (C=O) groups is 2. The number of benzene rings is 5. The molecule has 0 saturated heterocycles. The second kappa shape index (κ2) is 9.13. The maximum absolute atomic E-state index is 12.2. The normalized spacial score (nSPS) is 15.9. The van der Waals surface area contributed by atoms with Crippen molar-refractivity contribution in [3.05, 3.63) is 106 Å². The van der Waals surface area contributed by atoms with E-state index in [9.17, 15) is 9.59 Å². The van der Waals surface area contributed by atoms with Gasteiger partial charge in [0.2, 0.25) is 0 Å². The van der Waals surface area contributed by atoms with Gasteiger partial charge in [-0.3, -0.25) is 0 Å². The smallest absolute Gasteiger partial charge is 0.337 e. The van der Waals surface area contributed by atoms with E-state index in [1.807, 2.05) is 24.3 Å². The lowest BCUT2D eigenvalue weighted by Crippen LogP contribution is -2.48. The lowest BCUT2D eigenvalue weighted by atomic mass is 9.92. The van der Waals surface area contributed by atoms with E-state index in [0.717, 1.165) is 50.3 Å². The van der Waals surface area contributed by atoms with Crippen molar-refractivity contribution in [2.24, 2.45) is 0 Å². The summed E-state index contributed by atoms with van der Waals surface area (Å²) in [5, 5.41) is 4.46. The predicted octanol–water partition coefficient (Wildman–Crippen LogP) is 6.16. The quantitative estimate of drug-likeness (QED) is 0.229. The van der Waals surface area contributed by atoms with Crippen molar-refractivity contribution in [1.82, 2.24) is 0 Å². The minimum Gasteiger partial charge on any atom is -0.465 e. The van der Waals surface area contributed by atoms with E-state index in [1.54, 1.807) is 0 Å². The number of ether oxygens (including phenoxy) is 2. The summed E-state index contributed by atoms with van der Waals surface area (Å²) in [6, 6.07) is 25.2. The minimum absolute atomic E-state index is 0.314. The molecule has 0 aromatic heterocycles. The zero-order valence-corrected chi connectivity index (χ0v) is 24.6. The molecule has 0 N–H and O–H groups in total. The third kappa shape index (κ3) is 3.57. The summed E-state index contributed by atoms with van der Waals surface area (Å²) in [4.78, 5) is 34.2. The first-order valence-corrected chi connectivity index (χ1v) is 14.9. The minimum atomic E-state index is -0.314. The first-order chi connectivity index (χ1) is 21.5. The van der Waals surface area contributed by atoms with E-state index in [4.69, 9.17) is 9.47 Å². The highest BCUT2D eigenvalue weighted by Crippen LogP contribution is 2.46. The van der Waals surface area contributed by atoms with E-state index < -0.39 is 0 Å². The van der Waals surface area contributed by atoms with Crippen LogP contribution in [0.25, 0.3) is 21.5 Å². The van der Waals surface area contributed by atoms with Crippen molar-refractivity contribution in [2.75, 3.05) is 47.2 Å². The van der Waals surface area contributed by atoms with Gasteiger partial charge in [0.05, 0.1) is 38.7 Å². The number of carbonyl (C=O) groups excluding carboxylic acids is 2. The Morgan fingerprint density at radius 2 is 0.977 bits per heavy atom. The molecule has 9 rings (SSSR count). The molecule has 5 aromatic carbocycles. The van der Waals surface area contributed by atoms with Gasteiger partial charge in [-0.15, -0.1) is 0 Å². The maximum atomic E-state index is 12.2. The SMILES string of the molecule is COC(=O)c1ccc2c3c(ccc2c1)N1Cc2cc4c(cc2N(C3)C1)N1Cc2c(ccc3cc(C(=O)OC)ccc23)N(C4)C1. The highest BCUT2D eigenvalue weighted by atomic mass is 16.5. The van der Waals surface area contributed by atoms with Gasteiger partial charge in [-0.2, -0.15) is 0 Å². The van der Waals surface area contributed by atoms with Gasteiger partial charge in [-0.1, -0.05) is 24.3 Å². The second-order valence-electron chi connectivity index (χ2n) is 12.2. The Kier molecular flexibility index (Phi) is 5.24. The molecule has 0 saturated carbocycles. The zero-order chi connectivity index (χ0) is 29.7. The molecule has 44 heavy (non-hydrogen) atoms. The van der Waals surface area contributed by atoms with Crippen LogP contribution in [0.1, 0.15) is 43.0 Å². The Bertz CT molecular complexity index is 1940. The van der Waals surface area contributed by atoms with Crippen LogP contribution in [0.4, 0.5) is 22.7 Å². The number of rotatable bonds is 2. The Morgan fingerprint density at radius 3 is 1.43 bits per heavy atom. The first-order valence-electron chi connectivity index (χ1n) is 14.9. The van der Waals surface area contributed by atoms with Crippen LogP contribution in [0.3, 0.4) is 0 Å². The predicted molar refractivity (Wildman–Crippen MR) is 171 cm³/mol. The van der Waals surface area contributed by atoms with Gasteiger partial charge < -0.3 is 29.1 Å². The van der Waals surface area contributed by atoms with Gasteiger partial charge in [0.1, 0.15) is 0 Å². The molecule has 0 spiro atoms. The van der Waals surface area contributed by atoms with Crippen LogP contribution in [0.2, 0.25) is 0 Å². The molecule has 4 aliphatic heterocycles. The molecular formula is C36H30N4O4. The Morgan fingerprint density at radius 1 is 0.523 bits per heavy atom. The van der Waals surface area contributed by atoms with Crippen molar-refractivity contribution < 1.29 is 19.1 Å². The fourth-order valence-corrected chi connectivity index (χ4v) is 7.75. The number of hydrogen-bond donors (Lipinski definition) is 0. The number of anilines is 4. The number of hydrogen-bond acceptors (Lipinski definition) is 8. The molecule has 4 aliphatic rings. The zero-order valence-electron chi connectivity index (χ0n) is 24.6. The van der Waals surface area contributed by atoms with Crippen LogP contribution in [-0.4, -0.2) is 39.5 Å². The molecular weight excluding hydrogens is 552 g/mol. The summed E-state index contributed by atoms with van der Waals surface area (Å²) < 4.78 is 9.90. The summed E-state index contributed by atoms with van der Waals surface area (Å²) in [5.74, 6) is -0.629. The number of esters is 2. The van der Waals surface area contributed by atoms with Gasteiger partial charge in [-0.25, -0.2) is 9.59 Å². The van der Waals surface area contributed by atoms with Crippen molar-refractivity contribution in [2.45, 2.75) is 26.2 Å². The summed E-state index contributed by atoms with van der Waals surface area (Å²) in [7, 11) is 2.84. The first kappa shape index (κ1) is 25.3. The molecule has 8 heteroatoms. The number of nitrogens with zero attached hydrogens (tertiary/aromatic N) is 4. The van der Waals surface area contributed by atoms with E-state index in [0.29, 0.717) is 11.1 Å². The standard InChI is InChI=1S/C36H30N4O4/c1-43-35(41)23-3-7-27-21(11-23)5-9-31-29(27)17-39-19-37(31)15-25-13-26-16-38-20-40(34(26)14-33(25)39)18-30-28-8-4-24(36(42)44-2)12-22(28)6-10-32(30)38/h3-14H,15-20H2,1-2H3. The van der Waals surface area contributed by atoms with Gasteiger partial charge in [0.15, 0.2) is 0 Å². The Hall–Kier alpha value is -5.24. The second-order valence-corrected chi connectivity index (χ2v) is 12.2. The largest absolute Gasteiger partial charge is 0.465 e. The topological polar surface area (TPSA) is 65.6 Å². The van der Waals surface area contributed by atoms with Gasteiger partial charge in [0.25, 0.3) is 0 Å². The highest BCUT2D eigenvalue weighted by Gasteiger charge is 2.35. The fourth-order valence-electron chi connectivity index (χ4n) is 7.75. The Labute approximate surface area is 254 Å². The van der Waals surface area contributed by atoms with Crippen molar-refractivity contribution in [3.8, 4) is 0 Å². The van der Waals surface area contributed by atoms with Crippen molar-refractivity contribution in [1.29, 1.82) is 0 Å². The molecule has 0 fully saturated rings. The monoisotopic (exact) mass is 582 g/mol. The molecule has 0 unspecified atom stereocenters. The Balaban J connectivity index is 1.08. The molecule has 0 atom stereocenters. The molecule has 4 bridgehead atoms. The maximum Gasteiger partial charge on any atom is 0.337 e. The van der Waals surface area contributed by atoms with Crippen LogP contribution in [0.15, 0.2) is 72.8 Å². The van der Waals surface area contributed by atoms with Crippen molar-refractivity contribution >= 4 is 56.2 Å². The van der Waals surface area contributed by atoms with Gasteiger partial charge in [-0.05, 0) is 81.2 Å². The molecule has 0 aliphatic carbocycles. The molecule has 218 valence electrons. The van der Waals surface area contributed by atoms with Crippen LogP contribution in [0, 0.1) is 0 Å². The van der Waals surface area contributed by atoms with Crippen LogP contribution < -0.4 is 19.6 Å². The lowest BCUT2D eigenvalue weighted by molar-refractivity contribution is 0.0592. The van der Waals surface area contributed by atoms with Crippen LogP contribution in [0.5, 0.6) is 0 Å². The molecule has 0 amide bonds. The van der Waals surface area contributed by atoms with Crippen LogP contribution in [-0.2, 0) is 35.7 Å². The van der Waals surface area contributed by atoms with Gasteiger partial charge >= 0.3 is 11.9 Å². The van der Waals surface area contributed by atoms with Crippen LogP contribution >= 0.6 is 0 Å². The van der Waals surface area contributed by atoms with E-state index in [2.05, 4.69) is 68.1 Å². The van der Waals surface area contributed by atoms with Crippen molar-refractivity contribution in [3.63, 3.8) is 0 Å². The number of fused-ring (bicyclic) bond motifs is 16. The summed E-state index contributed by atoms with van der Waals surface area (Å²) in [6.45, 7) is 5.06. The average molecular weight is 583 g/mol. The highest BCUT2D eigenvalue weighted by molar-refractivity contribution is 6.00. The molecule has 4 heterocycles. The summed E-state index contributed by atoms with van der Waals surface area (Å²) >= 11 is 0. The molecule has 8 nitrogen and oxygen atoms in total. The molecule has 5 aromatic rings. The summed E-state index contributed by atoms with van der Waals surface area (Å²) in [5.41, 5.74) is 11.6. The third-order valence-corrected chi connectivity index (χ3v) is 9.80. The fraction of sp³-hybridized carbons (Fsp3) is 0.222. The molecule has 0 radical (unpaired) electrons. The number of methoxy groups -OCH3 is 2. The van der Waals surface area contributed by atoms with E-state index in [-0.39, 0.29) is 11.9 Å². The van der Waals surface area contributed by atoms with E-state index in [1.165, 1.54) is 70.0 Å². The van der Waals surface area contributed by atoms with E-state index >= 15 is 0 Å².